The molecule has 0 saturated carbocycles. The highest BCUT2D eigenvalue weighted by Crippen LogP contribution is 2.32. The first kappa shape index (κ1) is 23.2. The van der Waals surface area contributed by atoms with Crippen LogP contribution in [0.5, 0.6) is 0 Å². The summed E-state index contributed by atoms with van der Waals surface area (Å²) in [5.41, 5.74) is 3.21. The molecule has 0 aliphatic rings. The van der Waals surface area contributed by atoms with Crippen molar-refractivity contribution in [1.82, 2.24) is 15.8 Å². The van der Waals surface area contributed by atoms with Gasteiger partial charge in [-0.05, 0) is 55.4 Å². The largest absolute Gasteiger partial charge is 0.372 e. The zero-order chi connectivity index (χ0) is 21.6. The molecule has 0 aliphatic heterocycles. The number of amides is 2. The highest BCUT2D eigenvalue weighted by molar-refractivity contribution is 6.31. The fourth-order valence-corrected chi connectivity index (χ4v) is 3.40. The van der Waals surface area contributed by atoms with Crippen molar-refractivity contribution in [2.45, 2.75) is 32.4 Å². The van der Waals surface area contributed by atoms with Gasteiger partial charge in [-0.3, -0.25) is 25.3 Å². The Morgan fingerprint density at radius 1 is 1.00 bits per heavy atom. The molecule has 0 aromatic heterocycles. The normalized spacial score (nSPS) is 14.2. The van der Waals surface area contributed by atoms with Crippen LogP contribution >= 0.6 is 23.2 Å². The first-order chi connectivity index (χ1) is 13.7. The van der Waals surface area contributed by atoms with Gasteiger partial charge in [-0.2, -0.15) is 0 Å². The average Bonchev–Trinajstić information content (AvgIpc) is 2.72. The zero-order valence-corrected chi connectivity index (χ0v) is 18.1. The number of hydrogen-bond donors (Lipinski definition) is 3. The number of hydrazine groups is 1. The topological polar surface area (TPSA) is 81.7 Å². The number of nitrogens with one attached hydrogen (secondary N) is 2. The van der Waals surface area contributed by atoms with E-state index in [1.165, 1.54) is 6.07 Å². The fourth-order valence-electron chi connectivity index (χ4n) is 3.08. The van der Waals surface area contributed by atoms with Crippen LogP contribution in [-0.2, 0) is 15.2 Å². The van der Waals surface area contributed by atoms with E-state index in [1.807, 2.05) is 18.7 Å². The van der Waals surface area contributed by atoms with Gasteiger partial charge < -0.3 is 5.11 Å². The maximum absolute atomic E-state index is 13.0. The molecule has 0 radical (unpaired) electrons. The average molecular weight is 438 g/mol. The molecule has 29 heavy (non-hydrogen) atoms. The Morgan fingerprint density at radius 2 is 1.62 bits per heavy atom. The van der Waals surface area contributed by atoms with Crippen molar-refractivity contribution in [1.29, 1.82) is 0 Å². The number of benzene rings is 2. The number of aliphatic hydroxyl groups is 1. The lowest BCUT2D eigenvalue weighted by molar-refractivity contribution is -0.141. The van der Waals surface area contributed by atoms with Crippen LogP contribution in [0.3, 0.4) is 0 Å². The lowest BCUT2D eigenvalue weighted by Crippen LogP contribution is -2.56. The summed E-state index contributed by atoms with van der Waals surface area (Å²) in [6, 6.07) is 12.1. The van der Waals surface area contributed by atoms with Crippen LogP contribution in [0.25, 0.3) is 0 Å². The summed E-state index contributed by atoms with van der Waals surface area (Å²) in [4.78, 5) is 27.4. The van der Waals surface area contributed by atoms with Crippen molar-refractivity contribution < 1.29 is 14.7 Å². The van der Waals surface area contributed by atoms with Crippen LogP contribution in [0, 0.1) is 0 Å². The number of likely N-dealkylation sites (N-methyl/N-ethyl adjacent to an activating group) is 1. The number of carbonyl (C=O) groups excluding carboxylic acids is 2. The molecule has 6 nitrogen and oxygen atoms in total. The van der Waals surface area contributed by atoms with Gasteiger partial charge in [0.25, 0.3) is 11.8 Å². The molecule has 0 bridgehead atoms. The van der Waals surface area contributed by atoms with E-state index in [0.717, 1.165) is 0 Å². The number of hydrogen-bond acceptors (Lipinski definition) is 4. The van der Waals surface area contributed by atoms with Gasteiger partial charge in [0.1, 0.15) is 0 Å². The Balaban J connectivity index is 2.31. The third kappa shape index (κ3) is 5.28. The van der Waals surface area contributed by atoms with Crippen LogP contribution in [0.4, 0.5) is 0 Å². The third-order valence-corrected chi connectivity index (χ3v) is 5.36. The van der Waals surface area contributed by atoms with Gasteiger partial charge in [-0.25, -0.2) is 0 Å². The molecule has 0 fully saturated rings. The second-order valence-corrected chi connectivity index (χ2v) is 7.44. The van der Waals surface area contributed by atoms with Crippen LogP contribution in [0.15, 0.2) is 48.5 Å². The lowest BCUT2D eigenvalue weighted by atomic mass is 9.85. The molecule has 2 aromatic rings. The van der Waals surface area contributed by atoms with Gasteiger partial charge in [0.05, 0.1) is 6.04 Å². The molecule has 2 amide bonds. The summed E-state index contributed by atoms with van der Waals surface area (Å²) in [7, 11) is 0. The van der Waals surface area contributed by atoms with Crippen LogP contribution in [0.2, 0.25) is 10.0 Å². The molecule has 0 aliphatic carbocycles. The fraction of sp³-hybridized carbons (Fsp3) is 0.333. The predicted molar refractivity (Wildman–Crippen MR) is 115 cm³/mol. The summed E-state index contributed by atoms with van der Waals surface area (Å²) in [6.45, 7) is 7.03. The molecule has 3 N–H and O–H groups in total. The molecule has 0 spiro atoms. The first-order valence-corrected chi connectivity index (χ1v) is 10.1. The maximum atomic E-state index is 13.0. The van der Waals surface area contributed by atoms with Crippen LogP contribution in [0.1, 0.15) is 31.9 Å². The van der Waals surface area contributed by atoms with Crippen molar-refractivity contribution in [2.75, 3.05) is 13.1 Å². The molecule has 156 valence electrons. The lowest BCUT2D eigenvalue weighted by Gasteiger charge is -2.29. The van der Waals surface area contributed by atoms with Gasteiger partial charge in [-0.1, -0.05) is 61.3 Å². The van der Waals surface area contributed by atoms with Crippen LogP contribution < -0.4 is 10.9 Å². The Morgan fingerprint density at radius 3 is 2.17 bits per heavy atom. The summed E-state index contributed by atoms with van der Waals surface area (Å²) in [6.07, 6.45) is 0. The molecular weight excluding hydrogens is 413 g/mol. The van der Waals surface area contributed by atoms with E-state index in [1.54, 1.807) is 49.4 Å². The third-order valence-electron chi connectivity index (χ3n) is 4.87. The minimum Gasteiger partial charge on any atom is -0.372 e. The van der Waals surface area contributed by atoms with E-state index in [2.05, 4.69) is 10.9 Å². The Hall–Kier alpha value is -2.12. The van der Waals surface area contributed by atoms with Crippen LogP contribution in [-0.4, -0.2) is 41.0 Å². The van der Waals surface area contributed by atoms with E-state index < -0.39 is 17.6 Å². The van der Waals surface area contributed by atoms with Gasteiger partial charge >= 0.3 is 0 Å². The summed E-state index contributed by atoms with van der Waals surface area (Å²) in [5.74, 6) is -1.20. The van der Waals surface area contributed by atoms with Gasteiger partial charge in [0, 0.05) is 10.0 Å². The number of carbonyl (C=O) groups is 2. The first-order valence-electron chi connectivity index (χ1n) is 9.32. The molecular formula is C21H25Cl2N3O3. The Kier molecular flexibility index (Phi) is 8.05. The molecule has 0 unspecified atom stereocenters. The molecule has 0 heterocycles. The maximum Gasteiger partial charge on any atom is 0.279 e. The summed E-state index contributed by atoms with van der Waals surface area (Å²) in [5, 5.41) is 12.2. The monoisotopic (exact) mass is 437 g/mol. The molecule has 2 aromatic carbocycles. The van der Waals surface area contributed by atoms with Gasteiger partial charge in [0.15, 0.2) is 5.60 Å². The molecule has 0 saturated heterocycles. The SMILES string of the molecule is CCN(CC)[C@H](C)C(=O)NNC(=O)[C@@](O)(c1ccc(Cl)cc1)c1cccc(Cl)c1. The Labute approximate surface area is 180 Å². The van der Waals surface area contributed by atoms with Crippen molar-refractivity contribution in [3.8, 4) is 0 Å². The van der Waals surface area contributed by atoms with E-state index in [0.29, 0.717) is 23.1 Å². The van der Waals surface area contributed by atoms with E-state index in [4.69, 9.17) is 23.2 Å². The molecule has 8 heteroatoms. The highest BCUT2D eigenvalue weighted by atomic mass is 35.5. The van der Waals surface area contributed by atoms with Crippen molar-refractivity contribution in [3.63, 3.8) is 0 Å². The number of nitrogens with zero attached hydrogens (tertiary/aromatic N) is 1. The van der Waals surface area contributed by atoms with Gasteiger partial charge in [-0.15, -0.1) is 0 Å². The van der Waals surface area contributed by atoms with Crippen molar-refractivity contribution in [2.24, 2.45) is 0 Å². The molecule has 2 atom stereocenters. The van der Waals surface area contributed by atoms with Gasteiger partial charge in [0.2, 0.25) is 0 Å². The summed E-state index contributed by atoms with van der Waals surface area (Å²) < 4.78 is 0. The second kappa shape index (κ2) is 10.1. The standard InChI is InChI=1S/C21H25Cl2N3O3/c1-4-26(5-2)14(3)19(27)24-25-20(28)21(29,15-9-11-17(22)12-10-15)16-7-6-8-18(23)13-16/h6-14,29H,4-5H2,1-3H3,(H,24,27)(H,25,28)/t14-,21-/m1/s1. The smallest absolute Gasteiger partial charge is 0.279 e. The minimum atomic E-state index is -2.08. The minimum absolute atomic E-state index is 0.260. The quantitative estimate of drug-likeness (QED) is 0.581. The molecule has 2 rings (SSSR count). The van der Waals surface area contributed by atoms with E-state index >= 15 is 0 Å². The highest BCUT2D eigenvalue weighted by Gasteiger charge is 2.40. The van der Waals surface area contributed by atoms with Crippen molar-refractivity contribution in [3.05, 3.63) is 69.7 Å². The Bertz CT molecular complexity index is 857. The van der Waals surface area contributed by atoms with E-state index in [-0.39, 0.29) is 17.0 Å². The zero-order valence-electron chi connectivity index (χ0n) is 16.6. The number of halogens is 2. The summed E-state index contributed by atoms with van der Waals surface area (Å²) >= 11 is 12.0. The predicted octanol–water partition coefficient (Wildman–Crippen LogP) is 3.11. The van der Waals surface area contributed by atoms with E-state index in [9.17, 15) is 14.7 Å². The van der Waals surface area contributed by atoms with Crippen molar-refractivity contribution >= 4 is 35.0 Å². The second-order valence-electron chi connectivity index (χ2n) is 6.57. The number of rotatable bonds is 7.